The summed E-state index contributed by atoms with van der Waals surface area (Å²) < 4.78 is 0. The third-order valence-electron chi connectivity index (χ3n) is 5.72. The Kier molecular flexibility index (Phi) is 8.74. The van der Waals surface area contributed by atoms with Crippen molar-refractivity contribution in [1.29, 1.82) is 0 Å². The van der Waals surface area contributed by atoms with Crippen molar-refractivity contribution in [2.24, 2.45) is 11.8 Å². The molecule has 0 bridgehead atoms. The van der Waals surface area contributed by atoms with Crippen LogP contribution in [0.2, 0.25) is 0 Å². The predicted molar refractivity (Wildman–Crippen MR) is 99.5 cm³/mol. The minimum absolute atomic E-state index is 0.154. The van der Waals surface area contributed by atoms with Gasteiger partial charge in [-0.05, 0) is 35.8 Å². The lowest BCUT2D eigenvalue weighted by Crippen LogP contribution is -2.14. The fraction of sp³-hybridized carbons (Fsp3) is 0.727. The number of aryl methyl sites for hydroxylation is 1. The smallest absolute Gasteiger partial charge is 0.0681 e. The highest BCUT2D eigenvalue weighted by Gasteiger charge is 2.20. The number of aliphatic hydroxyl groups is 1. The van der Waals surface area contributed by atoms with Crippen LogP contribution < -0.4 is 0 Å². The van der Waals surface area contributed by atoms with Gasteiger partial charge in [-0.1, -0.05) is 95.4 Å². The maximum atomic E-state index is 9.07. The molecule has 0 atom stereocenters. The highest BCUT2D eigenvalue weighted by atomic mass is 16.3. The van der Waals surface area contributed by atoms with Crippen molar-refractivity contribution in [1.82, 2.24) is 0 Å². The van der Waals surface area contributed by atoms with E-state index in [0.29, 0.717) is 0 Å². The van der Waals surface area contributed by atoms with Crippen LogP contribution in [0.3, 0.4) is 0 Å². The van der Waals surface area contributed by atoms with Crippen LogP contribution in [0.4, 0.5) is 0 Å². The van der Waals surface area contributed by atoms with Crippen molar-refractivity contribution < 1.29 is 5.11 Å². The van der Waals surface area contributed by atoms with Crippen molar-refractivity contribution in [2.45, 2.75) is 90.6 Å². The first kappa shape index (κ1) is 18.5. The van der Waals surface area contributed by atoms with E-state index in [9.17, 15) is 0 Å². The molecule has 0 unspecified atom stereocenters. The largest absolute Gasteiger partial charge is 0.392 e. The molecule has 0 aliphatic heterocycles. The molecular weight excluding hydrogens is 280 g/mol. The average Bonchev–Trinajstić information content (AvgIpc) is 2.61. The van der Waals surface area contributed by atoms with E-state index in [2.05, 4.69) is 31.2 Å². The molecule has 0 radical (unpaired) electrons. The Morgan fingerprint density at radius 1 is 0.783 bits per heavy atom. The number of hydrogen-bond acceptors (Lipinski definition) is 1. The third kappa shape index (κ3) is 7.08. The second-order valence-electron chi connectivity index (χ2n) is 7.60. The average molecular weight is 317 g/mol. The lowest BCUT2D eigenvalue weighted by atomic mass is 9.78. The summed E-state index contributed by atoms with van der Waals surface area (Å²) >= 11 is 0. The van der Waals surface area contributed by atoms with E-state index >= 15 is 0 Å². The van der Waals surface area contributed by atoms with Crippen LogP contribution in [0.1, 0.15) is 88.7 Å². The van der Waals surface area contributed by atoms with Crippen molar-refractivity contribution in [3.8, 4) is 0 Å². The van der Waals surface area contributed by atoms with Gasteiger partial charge in [0, 0.05) is 0 Å². The normalized spacial score (nSPS) is 21.5. The molecule has 0 aromatic heterocycles. The van der Waals surface area contributed by atoms with Crippen LogP contribution in [0.5, 0.6) is 0 Å². The highest BCUT2D eigenvalue weighted by molar-refractivity contribution is 5.21. The topological polar surface area (TPSA) is 20.2 Å². The van der Waals surface area contributed by atoms with Crippen molar-refractivity contribution >= 4 is 0 Å². The molecule has 0 amide bonds. The predicted octanol–water partition coefficient (Wildman–Crippen LogP) is 6.28. The number of rotatable bonds is 10. The van der Waals surface area contributed by atoms with Gasteiger partial charge in [-0.2, -0.15) is 0 Å². The molecule has 1 nitrogen and oxygen atoms in total. The molecule has 23 heavy (non-hydrogen) atoms. The van der Waals surface area contributed by atoms with Gasteiger partial charge < -0.3 is 5.11 Å². The number of hydrogen-bond donors (Lipinski definition) is 1. The Labute approximate surface area is 143 Å². The van der Waals surface area contributed by atoms with Gasteiger partial charge in [0.2, 0.25) is 0 Å². The van der Waals surface area contributed by atoms with Gasteiger partial charge in [-0.3, -0.25) is 0 Å². The summed E-state index contributed by atoms with van der Waals surface area (Å²) in [5.41, 5.74) is 2.44. The maximum Gasteiger partial charge on any atom is 0.0681 e. The molecule has 1 aromatic rings. The Balaban J connectivity index is 1.53. The van der Waals surface area contributed by atoms with Gasteiger partial charge in [-0.25, -0.2) is 0 Å². The summed E-state index contributed by atoms with van der Waals surface area (Å²) in [5, 5.41) is 9.07. The van der Waals surface area contributed by atoms with Crippen molar-refractivity contribution in [2.75, 3.05) is 0 Å². The van der Waals surface area contributed by atoms with E-state index in [1.54, 1.807) is 0 Å². The third-order valence-corrected chi connectivity index (χ3v) is 5.72. The molecule has 1 N–H and O–H groups in total. The van der Waals surface area contributed by atoms with Crippen LogP contribution in [0, 0.1) is 11.8 Å². The Morgan fingerprint density at radius 3 is 1.83 bits per heavy atom. The van der Waals surface area contributed by atoms with E-state index in [4.69, 9.17) is 5.11 Å². The maximum absolute atomic E-state index is 9.07. The summed E-state index contributed by atoms with van der Waals surface area (Å²) in [4.78, 5) is 0. The molecule has 1 heteroatoms. The zero-order chi connectivity index (χ0) is 16.3. The Morgan fingerprint density at radius 2 is 1.30 bits per heavy atom. The van der Waals surface area contributed by atoms with Gasteiger partial charge in [0.15, 0.2) is 0 Å². The molecule has 0 saturated heterocycles. The lowest BCUT2D eigenvalue weighted by Gasteiger charge is -2.28. The Hall–Kier alpha value is -0.820. The monoisotopic (exact) mass is 316 g/mol. The standard InChI is InChI=1S/C22H36O/c1-2-3-4-7-19-10-12-20(13-11-19)8-5-6-9-21-14-16-22(18-23)17-15-21/h14-17,19-20,23H,2-13,18H2,1H3. The van der Waals surface area contributed by atoms with Gasteiger partial charge in [-0.15, -0.1) is 0 Å². The molecule has 130 valence electrons. The molecule has 1 aliphatic rings. The second kappa shape index (κ2) is 10.9. The summed E-state index contributed by atoms with van der Waals surface area (Å²) in [6, 6.07) is 8.45. The van der Waals surface area contributed by atoms with E-state index in [0.717, 1.165) is 17.4 Å². The quantitative estimate of drug-likeness (QED) is 0.504. The summed E-state index contributed by atoms with van der Waals surface area (Å²) in [7, 11) is 0. The number of benzene rings is 1. The molecule has 1 aliphatic carbocycles. The van der Waals surface area contributed by atoms with Crippen molar-refractivity contribution in [3.63, 3.8) is 0 Å². The second-order valence-corrected chi connectivity index (χ2v) is 7.60. The van der Waals surface area contributed by atoms with Crippen LogP contribution in [-0.2, 0) is 13.0 Å². The van der Waals surface area contributed by atoms with Crippen LogP contribution in [-0.4, -0.2) is 5.11 Å². The lowest BCUT2D eigenvalue weighted by molar-refractivity contribution is 0.245. The minimum Gasteiger partial charge on any atom is -0.392 e. The molecule has 0 spiro atoms. The van der Waals surface area contributed by atoms with Gasteiger partial charge in [0.05, 0.1) is 6.61 Å². The van der Waals surface area contributed by atoms with Crippen LogP contribution in [0.25, 0.3) is 0 Å². The molecule has 1 aromatic carbocycles. The fourth-order valence-electron chi connectivity index (χ4n) is 4.07. The fourth-order valence-corrected chi connectivity index (χ4v) is 4.07. The first-order valence-corrected chi connectivity index (χ1v) is 10.0. The van der Waals surface area contributed by atoms with Gasteiger partial charge >= 0.3 is 0 Å². The molecule has 0 heterocycles. The first-order valence-electron chi connectivity index (χ1n) is 10.0. The Bertz CT molecular complexity index is 400. The number of unbranched alkanes of at least 4 members (excludes halogenated alkanes) is 3. The molecule has 2 rings (SSSR count). The summed E-state index contributed by atoms with van der Waals surface area (Å²) in [5.74, 6) is 2.05. The molecule has 1 fully saturated rings. The summed E-state index contributed by atoms with van der Waals surface area (Å²) in [6.07, 6.45) is 17.0. The highest BCUT2D eigenvalue weighted by Crippen LogP contribution is 2.34. The van der Waals surface area contributed by atoms with E-state index in [1.807, 2.05) is 0 Å². The zero-order valence-corrected chi connectivity index (χ0v) is 15.1. The minimum atomic E-state index is 0.154. The summed E-state index contributed by atoms with van der Waals surface area (Å²) in [6.45, 7) is 2.46. The van der Waals surface area contributed by atoms with Gasteiger partial charge in [0.25, 0.3) is 0 Å². The molecule has 1 saturated carbocycles. The first-order chi connectivity index (χ1) is 11.3. The SMILES string of the molecule is CCCCCC1CCC(CCCCc2ccc(CO)cc2)CC1. The van der Waals surface area contributed by atoms with Crippen molar-refractivity contribution in [3.05, 3.63) is 35.4 Å². The van der Waals surface area contributed by atoms with Gasteiger partial charge in [0.1, 0.15) is 0 Å². The van der Waals surface area contributed by atoms with E-state index in [-0.39, 0.29) is 6.61 Å². The van der Waals surface area contributed by atoms with Crippen LogP contribution in [0.15, 0.2) is 24.3 Å². The van der Waals surface area contributed by atoms with E-state index in [1.165, 1.54) is 82.6 Å². The molecular formula is C22H36O. The number of aliphatic hydroxyl groups excluding tert-OH is 1. The van der Waals surface area contributed by atoms with E-state index < -0.39 is 0 Å². The zero-order valence-electron chi connectivity index (χ0n) is 15.1. The van der Waals surface area contributed by atoms with Crippen LogP contribution >= 0.6 is 0 Å².